The van der Waals surface area contributed by atoms with Crippen molar-refractivity contribution >= 4 is 6.09 Å². The summed E-state index contributed by atoms with van der Waals surface area (Å²) in [5.41, 5.74) is 1.72. The molecule has 0 saturated carbocycles. The molecule has 0 aromatic heterocycles. The van der Waals surface area contributed by atoms with E-state index in [0.29, 0.717) is 5.92 Å². The molecule has 128 valence electrons. The van der Waals surface area contributed by atoms with Gasteiger partial charge in [-0.15, -0.1) is 0 Å². The Morgan fingerprint density at radius 2 is 1.78 bits per heavy atom. The largest absolute Gasteiger partial charge is 0.444 e. The highest BCUT2D eigenvalue weighted by molar-refractivity contribution is 5.69. The molecule has 0 aliphatic heterocycles. The van der Waals surface area contributed by atoms with Crippen LogP contribution in [0, 0.1) is 11.3 Å². The van der Waals surface area contributed by atoms with E-state index in [1.54, 1.807) is 0 Å². The van der Waals surface area contributed by atoms with Gasteiger partial charge in [-0.2, -0.15) is 0 Å². The van der Waals surface area contributed by atoms with Gasteiger partial charge in [0.1, 0.15) is 5.60 Å². The highest BCUT2D eigenvalue weighted by Gasteiger charge is 2.47. The lowest BCUT2D eigenvalue weighted by Gasteiger charge is -2.49. The molecule has 2 unspecified atom stereocenters. The lowest BCUT2D eigenvalue weighted by Crippen LogP contribution is -2.55. The minimum Gasteiger partial charge on any atom is -0.444 e. The van der Waals surface area contributed by atoms with Crippen molar-refractivity contribution in [1.82, 2.24) is 5.32 Å². The van der Waals surface area contributed by atoms with Crippen molar-refractivity contribution in [3.8, 4) is 0 Å². The van der Waals surface area contributed by atoms with E-state index in [1.807, 2.05) is 20.8 Å². The van der Waals surface area contributed by atoms with E-state index in [-0.39, 0.29) is 11.5 Å². The summed E-state index contributed by atoms with van der Waals surface area (Å²) in [5.74, 6) is 0.345. The SMILES string of the molecule is CC(C)(C)OC(=O)NC1(C)c2ccccc2CCC1C(C)(C)C. The van der Waals surface area contributed by atoms with Gasteiger partial charge >= 0.3 is 6.09 Å². The van der Waals surface area contributed by atoms with Crippen molar-refractivity contribution in [3.63, 3.8) is 0 Å². The van der Waals surface area contributed by atoms with Crippen molar-refractivity contribution in [1.29, 1.82) is 0 Å². The Balaban J connectivity index is 2.41. The Labute approximate surface area is 140 Å². The fourth-order valence-electron chi connectivity index (χ4n) is 3.99. The first-order valence-corrected chi connectivity index (χ1v) is 8.53. The van der Waals surface area contributed by atoms with Crippen LogP contribution in [0.25, 0.3) is 0 Å². The first-order valence-electron chi connectivity index (χ1n) is 8.53. The molecule has 23 heavy (non-hydrogen) atoms. The van der Waals surface area contributed by atoms with E-state index in [9.17, 15) is 4.79 Å². The van der Waals surface area contributed by atoms with Gasteiger partial charge in [-0.1, -0.05) is 45.0 Å². The van der Waals surface area contributed by atoms with Gasteiger partial charge in [-0.25, -0.2) is 4.79 Å². The molecule has 0 bridgehead atoms. The summed E-state index contributed by atoms with van der Waals surface area (Å²) >= 11 is 0. The molecule has 0 heterocycles. The molecule has 1 N–H and O–H groups in total. The maximum atomic E-state index is 12.5. The third kappa shape index (κ3) is 3.88. The van der Waals surface area contributed by atoms with E-state index in [4.69, 9.17) is 4.74 Å². The minimum atomic E-state index is -0.494. The maximum Gasteiger partial charge on any atom is 0.408 e. The van der Waals surface area contributed by atoms with E-state index in [1.165, 1.54) is 11.1 Å². The van der Waals surface area contributed by atoms with Gasteiger partial charge in [0, 0.05) is 0 Å². The molecule has 2 atom stereocenters. The molecule has 0 saturated heterocycles. The molecule has 0 spiro atoms. The number of carbonyl (C=O) groups excluding carboxylic acids is 1. The smallest absolute Gasteiger partial charge is 0.408 e. The van der Waals surface area contributed by atoms with Crippen molar-refractivity contribution < 1.29 is 9.53 Å². The summed E-state index contributed by atoms with van der Waals surface area (Å²) in [6, 6.07) is 8.44. The number of rotatable bonds is 1. The Kier molecular flexibility index (Phi) is 4.53. The molecular formula is C20H31NO2. The first-order chi connectivity index (χ1) is 10.4. The van der Waals surface area contributed by atoms with Crippen LogP contribution in [0.5, 0.6) is 0 Å². The lowest BCUT2D eigenvalue weighted by atomic mass is 9.61. The fraction of sp³-hybridized carbons (Fsp3) is 0.650. The zero-order chi connectivity index (χ0) is 17.5. The number of ether oxygens (including phenoxy) is 1. The Morgan fingerprint density at radius 1 is 1.17 bits per heavy atom. The Bertz CT molecular complexity index is 580. The molecule has 1 aromatic carbocycles. The van der Waals surface area contributed by atoms with Crippen LogP contribution in [0.2, 0.25) is 0 Å². The van der Waals surface area contributed by atoms with Gasteiger partial charge < -0.3 is 10.1 Å². The van der Waals surface area contributed by atoms with Crippen LogP contribution in [0.1, 0.15) is 66.0 Å². The molecule has 0 fully saturated rings. The van der Waals surface area contributed by atoms with Crippen LogP contribution in [-0.4, -0.2) is 11.7 Å². The van der Waals surface area contributed by atoms with Crippen LogP contribution < -0.4 is 5.32 Å². The topological polar surface area (TPSA) is 38.3 Å². The number of hydrogen-bond donors (Lipinski definition) is 1. The first kappa shape index (κ1) is 17.8. The zero-order valence-electron chi connectivity index (χ0n) is 15.6. The van der Waals surface area contributed by atoms with Gasteiger partial charge in [0.15, 0.2) is 0 Å². The zero-order valence-corrected chi connectivity index (χ0v) is 15.6. The van der Waals surface area contributed by atoms with Crippen molar-refractivity contribution in [3.05, 3.63) is 35.4 Å². The fourth-order valence-corrected chi connectivity index (χ4v) is 3.99. The van der Waals surface area contributed by atoms with Gasteiger partial charge in [0.2, 0.25) is 0 Å². The van der Waals surface area contributed by atoms with Gasteiger partial charge in [-0.05, 0) is 63.0 Å². The summed E-state index contributed by atoms with van der Waals surface area (Å²) in [6.07, 6.45) is 1.78. The quantitative estimate of drug-likeness (QED) is 0.788. The number of benzene rings is 1. The summed E-state index contributed by atoms with van der Waals surface area (Å²) in [6.45, 7) is 14.6. The molecule has 1 aliphatic rings. The maximum absolute atomic E-state index is 12.5. The summed E-state index contributed by atoms with van der Waals surface area (Å²) in [4.78, 5) is 12.5. The Hall–Kier alpha value is -1.51. The van der Waals surface area contributed by atoms with E-state index < -0.39 is 11.1 Å². The van der Waals surface area contributed by atoms with E-state index in [2.05, 4.69) is 57.3 Å². The lowest BCUT2D eigenvalue weighted by molar-refractivity contribution is 0.0284. The average molecular weight is 317 g/mol. The van der Waals surface area contributed by atoms with Gasteiger partial charge in [0.05, 0.1) is 5.54 Å². The molecule has 1 aliphatic carbocycles. The van der Waals surface area contributed by atoms with Gasteiger partial charge in [0.25, 0.3) is 0 Å². The highest BCUT2D eigenvalue weighted by Crippen LogP contribution is 2.47. The highest BCUT2D eigenvalue weighted by atomic mass is 16.6. The van der Waals surface area contributed by atoms with Crippen LogP contribution in [-0.2, 0) is 16.7 Å². The van der Waals surface area contributed by atoms with Crippen LogP contribution in [0.4, 0.5) is 4.79 Å². The van der Waals surface area contributed by atoms with Gasteiger partial charge in [-0.3, -0.25) is 0 Å². The average Bonchev–Trinajstić information content (AvgIpc) is 2.34. The van der Waals surface area contributed by atoms with Crippen LogP contribution in [0.3, 0.4) is 0 Å². The monoisotopic (exact) mass is 317 g/mol. The number of amides is 1. The number of aryl methyl sites for hydroxylation is 1. The standard InChI is InChI=1S/C20H31NO2/c1-18(2,3)16-13-12-14-10-8-9-11-15(14)20(16,7)21-17(22)23-19(4,5)6/h8-11,16H,12-13H2,1-7H3,(H,21,22). The number of hydrogen-bond acceptors (Lipinski definition) is 2. The second-order valence-corrected chi connectivity index (χ2v) is 8.94. The van der Waals surface area contributed by atoms with Crippen molar-refractivity contribution in [2.75, 3.05) is 0 Å². The van der Waals surface area contributed by atoms with Crippen LogP contribution >= 0.6 is 0 Å². The van der Waals surface area contributed by atoms with E-state index in [0.717, 1.165) is 12.8 Å². The molecule has 0 radical (unpaired) electrons. The molecule has 2 rings (SSSR count). The van der Waals surface area contributed by atoms with E-state index >= 15 is 0 Å². The molecule has 1 aromatic rings. The number of carbonyl (C=O) groups is 1. The second-order valence-electron chi connectivity index (χ2n) is 8.94. The summed E-state index contributed by atoms with van der Waals surface area (Å²) < 4.78 is 5.53. The molecule has 1 amide bonds. The van der Waals surface area contributed by atoms with Crippen molar-refractivity contribution in [2.45, 2.75) is 72.4 Å². The Morgan fingerprint density at radius 3 is 2.35 bits per heavy atom. The molecule has 3 nitrogen and oxygen atoms in total. The second kappa shape index (κ2) is 5.85. The number of fused-ring (bicyclic) bond motifs is 1. The normalized spacial score (nSPS) is 24.7. The number of nitrogens with one attached hydrogen (secondary N) is 1. The van der Waals surface area contributed by atoms with Crippen LogP contribution in [0.15, 0.2) is 24.3 Å². The minimum absolute atomic E-state index is 0.0945. The third-order valence-electron chi connectivity index (χ3n) is 4.78. The predicted octanol–water partition coefficient (Wildman–Crippen LogP) is 5.04. The molecule has 3 heteroatoms. The summed E-state index contributed by atoms with van der Waals surface area (Å²) in [5, 5.41) is 3.20. The number of alkyl carbamates (subject to hydrolysis) is 1. The third-order valence-corrected chi connectivity index (χ3v) is 4.78. The van der Waals surface area contributed by atoms with Crippen molar-refractivity contribution in [2.24, 2.45) is 11.3 Å². The summed E-state index contributed by atoms with van der Waals surface area (Å²) in [7, 11) is 0. The molecular weight excluding hydrogens is 286 g/mol. The predicted molar refractivity (Wildman–Crippen MR) is 94.4 cm³/mol.